The van der Waals surface area contributed by atoms with E-state index in [1.165, 1.54) is 0 Å². The smallest absolute Gasteiger partial charge is 0.194 e. The van der Waals surface area contributed by atoms with Crippen molar-refractivity contribution in [2.45, 2.75) is 90.2 Å². The molecular formula is C52H58O7Si. The molecule has 0 bridgehead atoms. The first kappa shape index (κ1) is 44.4. The third-order valence-corrected chi connectivity index (χ3v) is 11.3. The largest absolute Gasteiger partial charge is 0.489 e. The standard InChI is InChI=1S/C52H58O7Si/c1-39-26-29-45(33-46(39)32-40-27-30-47(31-28-40)56-35-42-20-12-7-13-21-42)48(53)50(57-36-43-22-14-8-15-23-43)49(54)51(58-37-44-24-16-9-17-25-44)52(2,59-60(3,4)5)38-55-34-41-18-10-6-11-19-41/h6-31,33,49-51,54H,32,34-38H2,1-5H3/t49-,50+,51+,52?/m1/s1. The normalized spacial score (nSPS) is 14.2. The molecule has 0 saturated carbocycles. The Morgan fingerprint density at radius 3 is 1.65 bits per heavy atom. The molecule has 1 unspecified atom stereocenters. The first-order chi connectivity index (χ1) is 29.0. The highest BCUT2D eigenvalue weighted by atomic mass is 28.4. The van der Waals surface area contributed by atoms with Crippen LogP contribution in [-0.2, 0) is 51.5 Å². The molecule has 4 atom stereocenters. The monoisotopic (exact) mass is 822 g/mol. The van der Waals surface area contributed by atoms with Crippen LogP contribution in [0.4, 0.5) is 0 Å². The fourth-order valence-corrected chi connectivity index (χ4v) is 8.88. The van der Waals surface area contributed by atoms with Crippen LogP contribution in [0.2, 0.25) is 19.6 Å². The van der Waals surface area contributed by atoms with Crippen LogP contribution in [0.3, 0.4) is 0 Å². The highest BCUT2D eigenvalue weighted by molar-refractivity contribution is 6.69. The van der Waals surface area contributed by atoms with Crippen molar-refractivity contribution in [1.29, 1.82) is 0 Å². The summed E-state index contributed by atoms with van der Waals surface area (Å²) in [7, 11) is -2.32. The number of carbonyl (C=O) groups is 1. The molecule has 0 radical (unpaired) electrons. The van der Waals surface area contributed by atoms with Crippen LogP contribution in [0.5, 0.6) is 5.75 Å². The number of Topliss-reactive ketones (excluding diaryl/α,β-unsaturated/α-hetero) is 1. The fourth-order valence-electron chi connectivity index (χ4n) is 7.30. The molecule has 6 rings (SSSR count). The second-order valence-electron chi connectivity index (χ2n) is 16.5. The number of hydrogen-bond donors (Lipinski definition) is 1. The van der Waals surface area contributed by atoms with Gasteiger partial charge < -0.3 is 28.5 Å². The maximum Gasteiger partial charge on any atom is 0.194 e. The predicted octanol–water partition coefficient (Wildman–Crippen LogP) is 10.7. The van der Waals surface area contributed by atoms with Crippen LogP contribution in [0.15, 0.2) is 164 Å². The Bertz CT molecular complexity index is 2190. The lowest BCUT2D eigenvalue weighted by molar-refractivity contribution is -0.188. The van der Waals surface area contributed by atoms with Crippen LogP contribution in [0.1, 0.15) is 56.2 Å². The summed E-state index contributed by atoms with van der Waals surface area (Å²) in [5.74, 6) is 0.438. The maximum atomic E-state index is 14.9. The molecule has 7 nitrogen and oxygen atoms in total. The lowest BCUT2D eigenvalue weighted by Gasteiger charge is -2.44. The number of aryl methyl sites for hydroxylation is 1. The van der Waals surface area contributed by atoms with Crippen LogP contribution in [0.25, 0.3) is 0 Å². The molecule has 6 aromatic carbocycles. The van der Waals surface area contributed by atoms with Crippen molar-refractivity contribution in [1.82, 2.24) is 0 Å². The second-order valence-corrected chi connectivity index (χ2v) is 21.0. The average Bonchev–Trinajstić information content (AvgIpc) is 3.25. The zero-order valence-electron chi connectivity index (χ0n) is 35.5. The number of aliphatic hydroxyl groups excluding tert-OH is 1. The highest BCUT2D eigenvalue weighted by Gasteiger charge is 2.48. The Hall–Kier alpha value is -5.19. The molecule has 0 heterocycles. The van der Waals surface area contributed by atoms with E-state index < -0.39 is 32.2 Å². The summed E-state index contributed by atoms with van der Waals surface area (Å²) >= 11 is 0. The molecule has 60 heavy (non-hydrogen) atoms. The molecule has 6 aromatic rings. The number of ether oxygens (including phenoxy) is 4. The molecule has 0 aliphatic heterocycles. The molecule has 1 N–H and O–H groups in total. The van der Waals surface area contributed by atoms with E-state index in [1.807, 2.05) is 166 Å². The van der Waals surface area contributed by atoms with Gasteiger partial charge in [-0.3, -0.25) is 4.79 Å². The van der Waals surface area contributed by atoms with Crippen molar-refractivity contribution in [3.8, 4) is 5.75 Å². The molecule has 0 amide bonds. The van der Waals surface area contributed by atoms with Crippen molar-refractivity contribution in [3.63, 3.8) is 0 Å². The first-order valence-corrected chi connectivity index (χ1v) is 24.1. The lowest BCUT2D eigenvalue weighted by Crippen LogP contribution is -2.60. The topological polar surface area (TPSA) is 83.5 Å². The molecular weight excluding hydrogens is 765 g/mol. The minimum absolute atomic E-state index is 0.104. The Morgan fingerprint density at radius 1 is 0.617 bits per heavy atom. The summed E-state index contributed by atoms with van der Waals surface area (Å²) in [6.07, 6.45) is -3.17. The van der Waals surface area contributed by atoms with E-state index in [0.29, 0.717) is 25.2 Å². The molecule has 0 spiro atoms. The van der Waals surface area contributed by atoms with E-state index in [0.717, 1.165) is 44.7 Å². The first-order valence-electron chi connectivity index (χ1n) is 20.7. The Balaban J connectivity index is 1.29. The number of ketones is 1. The van der Waals surface area contributed by atoms with Gasteiger partial charge in [0.2, 0.25) is 0 Å². The lowest BCUT2D eigenvalue weighted by atomic mass is 9.88. The van der Waals surface area contributed by atoms with E-state index in [4.69, 9.17) is 23.4 Å². The van der Waals surface area contributed by atoms with Crippen LogP contribution in [-0.4, -0.2) is 49.7 Å². The van der Waals surface area contributed by atoms with Gasteiger partial charge in [-0.2, -0.15) is 0 Å². The van der Waals surface area contributed by atoms with Gasteiger partial charge in [-0.1, -0.05) is 146 Å². The van der Waals surface area contributed by atoms with Crippen molar-refractivity contribution in [2.24, 2.45) is 0 Å². The maximum absolute atomic E-state index is 14.9. The molecule has 8 heteroatoms. The van der Waals surface area contributed by atoms with Gasteiger partial charge >= 0.3 is 0 Å². The van der Waals surface area contributed by atoms with E-state index in [-0.39, 0.29) is 25.6 Å². The van der Waals surface area contributed by atoms with E-state index >= 15 is 0 Å². The number of aliphatic hydroxyl groups is 1. The Kier molecular flexibility index (Phi) is 15.8. The quantitative estimate of drug-likeness (QED) is 0.0539. The number of carbonyl (C=O) groups excluding carboxylic acids is 1. The highest BCUT2D eigenvalue weighted by Crippen LogP contribution is 2.32. The minimum Gasteiger partial charge on any atom is -0.489 e. The molecule has 312 valence electrons. The predicted molar refractivity (Wildman–Crippen MR) is 241 cm³/mol. The zero-order valence-corrected chi connectivity index (χ0v) is 36.5. The van der Waals surface area contributed by atoms with Gasteiger partial charge in [-0.05, 0) is 97.1 Å². The van der Waals surface area contributed by atoms with Crippen molar-refractivity contribution in [3.05, 3.63) is 208 Å². The van der Waals surface area contributed by atoms with Gasteiger partial charge in [0.05, 0.1) is 26.4 Å². The van der Waals surface area contributed by atoms with Gasteiger partial charge in [-0.15, -0.1) is 0 Å². The molecule has 0 saturated heterocycles. The van der Waals surface area contributed by atoms with Gasteiger partial charge in [0, 0.05) is 5.56 Å². The third-order valence-electron chi connectivity index (χ3n) is 10.3. The number of hydrogen-bond acceptors (Lipinski definition) is 7. The second kappa shape index (κ2) is 21.4. The van der Waals surface area contributed by atoms with Crippen molar-refractivity contribution in [2.75, 3.05) is 6.61 Å². The van der Waals surface area contributed by atoms with Crippen molar-refractivity contribution >= 4 is 14.1 Å². The van der Waals surface area contributed by atoms with Gasteiger partial charge in [0.15, 0.2) is 14.1 Å². The summed E-state index contributed by atoms with van der Waals surface area (Å²) in [5, 5.41) is 12.7. The summed E-state index contributed by atoms with van der Waals surface area (Å²) in [6, 6.07) is 53.2. The summed E-state index contributed by atoms with van der Waals surface area (Å²) < 4.78 is 32.6. The van der Waals surface area contributed by atoms with Crippen LogP contribution in [0, 0.1) is 6.92 Å². The minimum atomic E-state index is -2.32. The van der Waals surface area contributed by atoms with Gasteiger partial charge in [-0.25, -0.2) is 0 Å². The van der Waals surface area contributed by atoms with Crippen LogP contribution >= 0.6 is 0 Å². The molecule has 0 aliphatic rings. The number of rotatable bonds is 22. The zero-order chi connectivity index (χ0) is 42.4. The van der Waals surface area contributed by atoms with Gasteiger partial charge in [0.1, 0.15) is 36.3 Å². The van der Waals surface area contributed by atoms with Crippen LogP contribution < -0.4 is 4.74 Å². The van der Waals surface area contributed by atoms with Gasteiger partial charge in [0.25, 0.3) is 0 Å². The molecule has 0 aliphatic carbocycles. The summed E-state index contributed by atoms with van der Waals surface area (Å²) in [6.45, 7) is 11.5. The van der Waals surface area contributed by atoms with E-state index in [1.54, 1.807) is 0 Å². The Labute approximate surface area is 357 Å². The fraction of sp³-hybridized carbons (Fsp3) is 0.288. The Morgan fingerprint density at radius 2 is 1.12 bits per heavy atom. The number of benzene rings is 6. The summed E-state index contributed by atoms with van der Waals surface area (Å²) in [5.41, 5.74) is 6.30. The molecule has 0 aromatic heterocycles. The third kappa shape index (κ3) is 13.2. The molecule has 0 fully saturated rings. The van der Waals surface area contributed by atoms with E-state index in [2.05, 4.69) is 31.8 Å². The van der Waals surface area contributed by atoms with E-state index in [9.17, 15) is 9.90 Å². The average molecular weight is 823 g/mol. The summed E-state index contributed by atoms with van der Waals surface area (Å²) in [4.78, 5) is 14.9. The van der Waals surface area contributed by atoms with Crippen molar-refractivity contribution < 1.29 is 33.3 Å². The SMILES string of the molecule is Cc1ccc(C(=O)[C@H](OCc2ccccc2)[C@@H](O)[C@H](OCc2ccccc2)C(C)(COCc2ccccc2)O[Si](C)(C)C)cc1Cc1ccc(OCc2ccccc2)cc1.